The van der Waals surface area contributed by atoms with E-state index in [1.165, 1.54) is 24.6 Å². The van der Waals surface area contributed by atoms with E-state index in [-0.39, 0.29) is 18.4 Å². The van der Waals surface area contributed by atoms with Gasteiger partial charge in [-0.15, -0.1) is 11.8 Å². The summed E-state index contributed by atoms with van der Waals surface area (Å²) in [5, 5.41) is 2.90. The first-order valence-electron chi connectivity index (χ1n) is 8.05. The first kappa shape index (κ1) is 16.2. The van der Waals surface area contributed by atoms with E-state index in [2.05, 4.69) is 5.32 Å². The summed E-state index contributed by atoms with van der Waals surface area (Å²) in [5.74, 6) is 1.76. The van der Waals surface area contributed by atoms with Crippen molar-refractivity contribution in [2.75, 3.05) is 23.5 Å². The smallest absolute Gasteiger partial charge is 0.244 e. The highest BCUT2D eigenvalue weighted by Gasteiger charge is 2.23. The third-order valence-corrected chi connectivity index (χ3v) is 5.26. The fraction of sp³-hybridized carbons (Fsp3) is 0.529. The number of carbonyl (C=O) groups is 2. The molecule has 0 atom stereocenters. The maximum atomic E-state index is 12.2. The lowest BCUT2D eigenvalue weighted by Gasteiger charge is -2.18. The Morgan fingerprint density at radius 3 is 2.87 bits per heavy atom. The summed E-state index contributed by atoms with van der Waals surface area (Å²) < 4.78 is 6.06. The van der Waals surface area contributed by atoms with Crippen molar-refractivity contribution >= 4 is 29.3 Å². The Bertz CT molecular complexity index is 600. The third-order valence-electron chi connectivity index (χ3n) is 4.31. The van der Waals surface area contributed by atoms with E-state index in [9.17, 15) is 9.59 Å². The zero-order valence-electron chi connectivity index (χ0n) is 13.3. The van der Waals surface area contributed by atoms with Crippen molar-refractivity contribution < 1.29 is 14.3 Å². The molecule has 1 aliphatic carbocycles. The van der Waals surface area contributed by atoms with Crippen molar-refractivity contribution in [1.29, 1.82) is 0 Å². The molecule has 1 N–H and O–H groups in total. The second-order valence-corrected chi connectivity index (χ2v) is 7.03. The number of carbonyl (C=O) groups excluding carboxylic acids is 2. The van der Waals surface area contributed by atoms with Gasteiger partial charge in [-0.2, -0.15) is 0 Å². The molecule has 2 aliphatic rings. The van der Waals surface area contributed by atoms with E-state index in [1.54, 1.807) is 4.90 Å². The van der Waals surface area contributed by atoms with Crippen molar-refractivity contribution in [3.05, 3.63) is 23.8 Å². The Balaban J connectivity index is 1.62. The maximum absolute atomic E-state index is 12.2. The van der Waals surface area contributed by atoms with Crippen LogP contribution in [0.2, 0.25) is 0 Å². The Kier molecular flexibility index (Phi) is 5.10. The molecule has 2 amide bonds. The molecule has 0 bridgehead atoms. The van der Waals surface area contributed by atoms with Crippen LogP contribution in [0.15, 0.2) is 18.2 Å². The van der Waals surface area contributed by atoms with Gasteiger partial charge in [0.15, 0.2) is 0 Å². The van der Waals surface area contributed by atoms with Gasteiger partial charge in [0, 0.05) is 11.3 Å². The number of nitrogens with zero attached hydrogens (tertiary/aromatic N) is 1. The fourth-order valence-corrected chi connectivity index (χ4v) is 3.87. The molecule has 1 aliphatic heterocycles. The molecule has 3 rings (SSSR count). The largest absolute Gasteiger partial charge is 0.490 e. The minimum absolute atomic E-state index is 0.0280. The van der Waals surface area contributed by atoms with Gasteiger partial charge in [0.2, 0.25) is 11.8 Å². The first-order valence-corrected chi connectivity index (χ1v) is 9.20. The number of nitrogens with one attached hydrogen (secondary N) is 1. The van der Waals surface area contributed by atoms with Crippen molar-refractivity contribution in [3.8, 4) is 5.75 Å². The van der Waals surface area contributed by atoms with Gasteiger partial charge in [-0.25, -0.2) is 0 Å². The summed E-state index contributed by atoms with van der Waals surface area (Å²) in [6.45, 7) is 2.07. The Morgan fingerprint density at radius 1 is 1.39 bits per heavy atom. The quantitative estimate of drug-likeness (QED) is 0.899. The number of ether oxygens (including phenoxy) is 1. The van der Waals surface area contributed by atoms with Crippen molar-refractivity contribution in [2.24, 2.45) is 0 Å². The molecular formula is C17H22N2O3S. The number of thioether (sulfide) groups is 1. The van der Waals surface area contributed by atoms with Gasteiger partial charge in [0.05, 0.1) is 17.7 Å². The summed E-state index contributed by atoms with van der Waals surface area (Å²) in [6, 6.07) is 5.71. The molecule has 6 heteroatoms. The van der Waals surface area contributed by atoms with Crippen LogP contribution in [0, 0.1) is 6.92 Å². The highest BCUT2D eigenvalue weighted by Crippen LogP contribution is 2.30. The molecule has 1 saturated heterocycles. The van der Waals surface area contributed by atoms with Crippen LogP contribution in [0.3, 0.4) is 0 Å². The molecule has 0 unspecified atom stereocenters. The second-order valence-electron chi connectivity index (χ2n) is 6.07. The molecule has 1 aromatic carbocycles. The Hall–Kier alpha value is -1.69. The molecule has 0 spiro atoms. The summed E-state index contributed by atoms with van der Waals surface area (Å²) in [7, 11) is 0. The predicted molar refractivity (Wildman–Crippen MR) is 91.7 cm³/mol. The number of hydrogen-bond acceptors (Lipinski definition) is 4. The SMILES string of the molecule is Cc1c(NC(=O)CN2CSCC2=O)cccc1OC1CCCC1. The lowest BCUT2D eigenvalue weighted by Crippen LogP contribution is -2.34. The van der Waals surface area contributed by atoms with Crippen LogP contribution in [0.5, 0.6) is 5.75 Å². The van der Waals surface area contributed by atoms with Crippen LogP contribution < -0.4 is 10.1 Å². The average molecular weight is 334 g/mol. The van der Waals surface area contributed by atoms with Crippen LogP contribution in [0.25, 0.3) is 0 Å². The van der Waals surface area contributed by atoms with Gasteiger partial charge < -0.3 is 15.0 Å². The number of anilines is 1. The van der Waals surface area contributed by atoms with Gasteiger partial charge in [0.25, 0.3) is 0 Å². The van der Waals surface area contributed by atoms with Crippen molar-refractivity contribution in [1.82, 2.24) is 4.90 Å². The van der Waals surface area contributed by atoms with Crippen LogP contribution in [-0.4, -0.2) is 41.0 Å². The van der Waals surface area contributed by atoms with Gasteiger partial charge >= 0.3 is 0 Å². The molecule has 1 heterocycles. The number of rotatable bonds is 5. The molecule has 1 aromatic rings. The molecule has 1 saturated carbocycles. The van der Waals surface area contributed by atoms with Gasteiger partial charge in [0.1, 0.15) is 12.3 Å². The van der Waals surface area contributed by atoms with E-state index in [4.69, 9.17) is 4.74 Å². The zero-order valence-corrected chi connectivity index (χ0v) is 14.2. The molecule has 5 nitrogen and oxygen atoms in total. The Labute approximate surface area is 140 Å². The monoisotopic (exact) mass is 334 g/mol. The van der Waals surface area contributed by atoms with Crippen molar-refractivity contribution in [2.45, 2.75) is 38.7 Å². The Morgan fingerprint density at radius 2 is 2.17 bits per heavy atom. The highest BCUT2D eigenvalue weighted by atomic mass is 32.2. The van der Waals surface area contributed by atoms with Gasteiger partial charge in [-0.05, 0) is 44.7 Å². The average Bonchev–Trinajstić information content (AvgIpc) is 3.16. The molecular weight excluding hydrogens is 312 g/mol. The molecule has 2 fully saturated rings. The summed E-state index contributed by atoms with van der Waals surface area (Å²) in [6.07, 6.45) is 4.94. The minimum Gasteiger partial charge on any atom is -0.490 e. The van der Waals surface area contributed by atoms with E-state index in [0.717, 1.165) is 29.8 Å². The molecule has 124 valence electrons. The van der Waals surface area contributed by atoms with E-state index < -0.39 is 0 Å². The topological polar surface area (TPSA) is 58.6 Å². The minimum atomic E-state index is -0.165. The summed E-state index contributed by atoms with van der Waals surface area (Å²) >= 11 is 1.54. The molecule has 0 radical (unpaired) electrons. The lowest BCUT2D eigenvalue weighted by molar-refractivity contribution is -0.130. The number of benzene rings is 1. The molecule has 23 heavy (non-hydrogen) atoms. The normalized spacial score (nSPS) is 18.5. The predicted octanol–water partition coefficient (Wildman–Crippen LogP) is 2.79. The lowest BCUT2D eigenvalue weighted by atomic mass is 10.1. The van der Waals surface area contributed by atoms with Crippen LogP contribution >= 0.6 is 11.8 Å². The first-order chi connectivity index (χ1) is 11.1. The van der Waals surface area contributed by atoms with Crippen LogP contribution in [-0.2, 0) is 9.59 Å². The van der Waals surface area contributed by atoms with E-state index >= 15 is 0 Å². The van der Waals surface area contributed by atoms with Gasteiger partial charge in [-0.3, -0.25) is 9.59 Å². The van der Waals surface area contributed by atoms with Crippen molar-refractivity contribution in [3.63, 3.8) is 0 Å². The standard InChI is InChI=1S/C17H22N2O3S/c1-12-14(18-16(20)9-19-11-23-10-17(19)21)7-4-8-15(12)22-13-5-2-3-6-13/h4,7-8,13H,2-3,5-6,9-11H2,1H3,(H,18,20). The van der Waals surface area contributed by atoms with E-state index in [1.807, 2.05) is 25.1 Å². The fourth-order valence-electron chi connectivity index (χ4n) is 2.97. The number of amides is 2. The summed E-state index contributed by atoms with van der Waals surface area (Å²) in [4.78, 5) is 25.3. The molecule has 0 aromatic heterocycles. The van der Waals surface area contributed by atoms with E-state index in [0.29, 0.717) is 17.7 Å². The zero-order chi connectivity index (χ0) is 16.2. The third kappa shape index (κ3) is 3.99. The van der Waals surface area contributed by atoms with Crippen LogP contribution in [0.4, 0.5) is 5.69 Å². The highest BCUT2D eigenvalue weighted by molar-refractivity contribution is 8.00. The van der Waals surface area contributed by atoms with Crippen LogP contribution in [0.1, 0.15) is 31.2 Å². The second kappa shape index (κ2) is 7.25. The summed E-state index contributed by atoms with van der Waals surface area (Å²) in [5.41, 5.74) is 1.69. The maximum Gasteiger partial charge on any atom is 0.244 e. The number of hydrogen-bond donors (Lipinski definition) is 1. The van der Waals surface area contributed by atoms with Gasteiger partial charge in [-0.1, -0.05) is 6.07 Å².